The lowest BCUT2D eigenvalue weighted by atomic mass is 10.1. The predicted molar refractivity (Wildman–Crippen MR) is 64.7 cm³/mol. The average molecular weight is 205 g/mol. The van der Waals surface area contributed by atoms with E-state index in [2.05, 4.69) is 4.90 Å². The van der Waals surface area contributed by atoms with Crippen LogP contribution in [0, 0.1) is 0 Å². The van der Waals surface area contributed by atoms with Gasteiger partial charge in [-0.1, -0.05) is 42.5 Å². The quantitative estimate of drug-likeness (QED) is 0.795. The first-order valence-electron chi connectivity index (χ1n) is 5.24. The van der Waals surface area contributed by atoms with Gasteiger partial charge in [0.15, 0.2) is 0 Å². The molecular weight excluding hydrogens is 186 g/mol. The molecule has 1 unspecified atom stereocenters. The minimum Gasteiger partial charge on any atom is -0.389 e. The van der Waals surface area contributed by atoms with Crippen molar-refractivity contribution >= 4 is 6.08 Å². The number of aliphatic hydroxyl groups is 1. The molecule has 0 heterocycles. The highest BCUT2D eigenvalue weighted by atomic mass is 16.3. The summed E-state index contributed by atoms with van der Waals surface area (Å²) in [6.45, 7) is 0.903. The second kappa shape index (κ2) is 6.38. The predicted octanol–water partition coefficient (Wildman–Crippen LogP) is 2.01. The molecule has 1 atom stereocenters. The maximum Gasteiger partial charge on any atom is 0.0736 e. The number of benzene rings is 1. The average Bonchev–Trinajstić information content (AvgIpc) is 2.25. The van der Waals surface area contributed by atoms with Crippen molar-refractivity contribution in [2.75, 3.05) is 20.6 Å². The summed E-state index contributed by atoms with van der Waals surface area (Å²) in [6.07, 6.45) is 4.22. The molecule has 0 aliphatic heterocycles. The van der Waals surface area contributed by atoms with Gasteiger partial charge in [-0.2, -0.15) is 0 Å². The van der Waals surface area contributed by atoms with Crippen molar-refractivity contribution in [3.63, 3.8) is 0 Å². The lowest BCUT2D eigenvalue weighted by Gasteiger charge is -2.11. The summed E-state index contributed by atoms with van der Waals surface area (Å²) < 4.78 is 0. The van der Waals surface area contributed by atoms with Crippen molar-refractivity contribution < 1.29 is 5.11 Å². The summed E-state index contributed by atoms with van der Waals surface area (Å²) in [5.41, 5.74) is 1.13. The number of nitrogens with zero attached hydrogens (tertiary/aromatic N) is 1. The Hall–Kier alpha value is -1.12. The molecule has 1 N–H and O–H groups in total. The summed E-state index contributed by atoms with van der Waals surface area (Å²) in [7, 11) is 4.02. The van der Waals surface area contributed by atoms with Gasteiger partial charge in [0.1, 0.15) is 0 Å². The smallest absolute Gasteiger partial charge is 0.0736 e. The third kappa shape index (κ3) is 5.35. The second-order valence-electron chi connectivity index (χ2n) is 3.93. The SMILES string of the molecule is CN(C)CCC(O)C=Cc1ccccc1. The van der Waals surface area contributed by atoms with Gasteiger partial charge in [0.2, 0.25) is 0 Å². The zero-order chi connectivity index (χ0) is 11.1. The standard InChI is InChI=1S/C13H19NO/c1-14(2)11-10-13(15)9-8-12-6-4-3-5-7-12/h3-9,13,15H,10-11H2,1-2H3. The van der Waals surface area contributed by atoms with E-state index in [1.807, 2.05) is 56.6 Å². The largest absolute Gasteiger partial charge is 0.389 e. The minimum absolute atomic E-state index is 0.354. The molecular formula is C13H19NO. The number of aliphatic hydroxyl groups excluding tert-OH is 1. The topological polar surface area (TPSA) is 23.5 Å². The minimum atomic E-state index is -0.354. The van der Waals surface area contributed by atoms with E-state index in [0.717, 1.165) is 18.5 Å². The van der Waals surface area contributed by atoms with Crippen LogP contribution in [-0.4, -0.2) is 36.8 Å². The molecule has 0 aliphatic carbocycles. The van der Waals surface area contributed by atoms with Crippen LogP contribution < -0.4 is 0 Å². The highest BCUT2D eigenvalue weighted by Crippen LogP contribution is 2.03. The Morgan fingerprint density at radius 2 is 1.93 bits per heavy atom. The van der Waals surface area contributed by atoms with E-state index >= 15 is 0 Å². The molecule has 0 bridgehead atoms. The zero-order valence-electron chi connectivity index (χ0n) is 9.43. The maximum absolute atomic E-state index is 9.65. The first-order chi connectivity index (χ1) is 7.18. The normalized spacial score (nSPS) is 13.6. The van der Waals surface area contributed by atoms with E-state index in [0.29, 0.717) is 0 Å². The van der Waals surface area contributed by atoms with Gasteiger partial charge in [-0.15, -0.1) is 0 Å². The molecule has 1 aromatic carbocycles. The van der Waals surface area contributed by atoms with E-state index < -0.39 is 0 Å². The van der Waals surface area contributed by atoms with Gasteiger partial charge in [-0.25, -0.2) is 0 Å². The Labute approximate surface area is 91.9 Å². The molecule has 0 saturated carbocycles. The van der Waals surface area contributed by atoms with Crippen LogP contribution in [0.2, 0.25) is 0 Å². The number of hydrogen-bond donors (Lipinski definition) is 1. The monoisotopic (exact) mass is 205 g/mol. The van der Waals surface area contributed by atoms with Crippen molar-refractivity contribution in [3.8, 4) is 0 Å². The van der Waals surface area contributed by atoms with Gasteiger partial charge < -0.3 is 10.0 Å². The van der Waals surface area contributed by atoms with E-state index in [4.69, 9.17) is 0 Å². The molecule has 1 aromatic rings. The van der Waals surface area contributed by atoms with Crippen LogP contribution in [0.5, 0.6) is 0 Å². The van der Waals surface area contributed by atoms with Gasteiger partial charge >= 0.3 is 0 Å². The molecule has 0 fully saturated rings. The first kappa shape index (κ1) is 12.0. The van der Waals surface area contributed by atoms with Gasteiger partial charge in [-0.05, 0) is 26.1 Å². The van der Waals surface area contributed by atoms with Crippen molar-refractivity contribution in [2.45, 2.75) is 12.5 Å². The van der Waals surface area contributed by atoms with Crippen LogP contribution in [0.25, 0.3) is 6.08 Å². The van der Waals surface area contributed by atoms with Crippen LogP contribution in [0.1, 0.15) is 12.0 Å². The molecule has 0 saturated heterocycles. The zero-order valence-corrected chi connectivity index (χ0v) is 9.43. The molecule has 1 rings (SSSR count). The van der Waals surface area contributed by atoms with E-state index in [1.165, 1.54) is 0 Å². The van der Waals surface area contributed by atoms with E-state index in [9.17, 15) is 5.11 Å². The Balaban J connectivity index is 2.37. The highest BCUT2D eigenvalue weighted by molar-refractivity contribution is 5.49. The summed E-state index contributed by atoms with van der Waals surface area (Å²) in [6, 6.07) is 10.0. The Bertz CT molecular complexity index is 293. The number of rotatable bonds is 5. The molecule has 0 aromatic heterocycles. The summed E-state index contributed by atoms with van der Waals surface area (Å²) >= 11 is 0. The maximum atomic E-state index is 9.65. The summed E-state index contributed by atoms with van der Waals surface area (Å²) in [5, 5.41) is 9.65. The van der Waals surface area contributed by atoms with Gasteiger partial charge in [0.05, 0.1) is 6.10 Å². The lowest BCUT2D eigenvalue weighted by molar-refractivity contribution is 0.197. The molecule has 2 nitrogen and oxygen atoms in total. The van der Waals surface area contributed by atoms with Crippen molar-refractivity contribution in [1.29, 1.82) is 0 Å². The lowest BCUT2D eigenvalue weighted by Crippen LogP contribution is -2.17. The van der Waals surface area contributed by atoms with Crippen LogP contribution in [-0.2, 0) is 0 Å². The van der Waals surface area contributed by atoms with Gasteiger partial charge in [-0.3, -0.25) is 0 Å². The number of hydrogen-bond acceptors (Lipinski definition) is 2. The fraction of sp³-hybridized carbons (Fsp3) is 0.385. The van der Waals surface area contributed by atoms with Crippen LogP contribution >= 0.6 is 0 Å². The Morgan fingerprint density at radius 3 is 2.53 bits per heavy atom. The molecule has 15 heavy (non-hydrogen) atoms. The van der Waals surface area contributed by atoms with E-state index in [-0.39, 0.29) is 6.10 Å². The molecule has 0 amide bonds. The molecule has 0 spiro atoms. The van der Waals surface area contributed by atoms with Crippen molar-refractivity contribution in [3.05, 3.63) is 42.0 Å². The fourth-order valence-corrected chi connectivity index (χ4v) is 1.27. The van der Waals surface area contributed by atoms with Gasteiger partial charge in [0, 0.05) is 6.54 Å². The Kier molecular flexibility index (Phi) is 5.08. The van der Waals surface area contributed by atoms with Crippen LogP contribution in [0.3, 0.4) is 0 Å². The van der Waals surface area contributed by atoms with Crippen LogP contribution in [0.4, 0.5) is 0 Å². The molecule has 82 valence electrons. The molecule has 0 aliphatic rings. The Morgan fingerprint density at radius 1 is 1.27 bits per heavy atom. The van der Waals surface area contributed by atoms with E-state index in [1.54, 1.807) is 0 Å². The fourth-order valence-electron chi connectivity index (χ4n) is 1.27. The van der Waals surface area contributed by atoms with Crippen molar-refractivity contribution in [1.82, 2.24) is 4.90 Å². The molecule has 0 radical (unpaired) electrons. The summed E-state index contributed by atoms with van der Waals surface area (Å²) in [4.78, 5) is 2.07. The molecule has 2 heteroatoms. The third-order valence-electron chi connectivity index (χ3n) is 2.18. The van der Waals surface area contributed by atoms with Crippen LogP contribution in [0.15, 0.2) is 36.4 Å². The second-order valence-corrected chi connectivity index (χ2v) is 3.93. The van der Waals surface area contributed by atoms with Crippen molar-refractivity contribution in [2.24, 2.45) is 0 Å². The summed E-state index contributed by atoms with van der Waals surface area (Å²) in [5.74, 6) is 0. The first-order valence-corrected chi connectivity index (χ1v) is 5.24. The van der Waals surface area contributed by atoms with Gasteiger partial charge in [0.25, 0.3) is 0 Å². The third-order valence-corrected chi connectivity index (χ3v) is 2.18. The highest BCUT2D eigenvalue weighted by Gasteiger charge is 1.99.